The fourth-order valence-electron chi connectivity index (χ4n) is 2.63. The minimum atomic E-state index is 0.390. The first-order valence-electron chi connectivity index (χ1n) is 6.75. The van der Waals surface area contributed by atoms with Gasteiger partial charge in [0.1, 0.15) is 0 Å². The zero-order chi connectivity index (χ0) is 12.5. The highest BCUT2D eigenvalue weighted by molar-refractivity contribution is 4.82. The summed E-state index contributed by atoms with van der Waals surface area (Å²) in [7, 11) is 3.52. The van der Waals surface area contributed by atoms with Gasteiger partial charge in [-0.15, -0.1) is 0 Å². The highest BCUT2D eigenvalue weighted by Crippen LogP contribution is 2.22. The molecule has 4 heteroatoms. The molecule has 1 rings (SSSR count). The molecule has 0 aromatic carbocycles. The predicted molar refractivity (Wildman–Crippen MR) is 70.2 cm³/mol. The second kappa shape index (κ2) is 8.86. The third-order valence-electron chi connectivity index (χ3n) is 3.58. The van der Waals surface area contributed by atoms with Crippen LogP contribution in [0.15, 0.2) is 0 Å². The van der Waals surface area contributed by atoms with Crippen molar-refractivity contribution in [2.45, 2.75) is 44.2 Å². The van der Waals surface area contributed by atoms with E-state index >= 15 is 0 Å². The molecule has 4 nitrogen and oxygen atoms in total. The number of ether oxygens (including phenoxy) is 2. The lowest BCUT2D eigenvalue weighted by Gasteiger charge is -2.36. The molecule has 0 aliphatic heterocycles. The van der Waals surface area contributed by atoms with E-state index in [0.29, 0.717) is 12.1 Å². The summed E-state index contributed by atoms with van der Waals surface area (Å²) in [6, 6.07) is 1.03. The quantitative estimate of drug-likeness (QED) is 0.653. The molecule has 0 radical (unpaired) electrons. The summed E-state index contributed by atoms with van der Waals surface area (Å²) >= 11 is 0. The van der Waals surface area contributed by atoms with E-state index < -0.39 is 0 Å². The van der Waals surface area contributed by atoms with Gasteiger partial charge in [-0.1, -0.05) is 6.42 Å². The van der Waals surface area contributed by atoms with Crippen molar-refractivity contribution in [1.82, 2.24) is 4.90 Å². The van der Waals surface area contributed by atoms with E-state index in [1.807, 2.05) is 0 Å². The molecule has 2 N–H and O–H groups in total. The van der Waals surface area contributed by atoms with Crippen molar-refractivity contribution in [3.63, 3.8) is 0 Å². The molecule has 0 aromatic heterocycles. The minimum absolute atomic E-state index is 0.390. The Labute approximate surface area is 105 Å². The van der Waals surface area contributed by atoms with Crippen LogP contribution < -0.4 is 5.73 Å². The van der Waals surface area contributed by atoms with E-state index in [0.717, 1.165) is 39.1 Å². The fraction of sp³-hybridized carbons (Fsp3) is 1.00. The summed E-state index contributed by atoms with van der Waals surface area (Å²) in [4.78, 5) is 2.53. The number of nitrogens with zero attached hydrogens (tertiary/aromatic N) is 1. The molecule has 0 aromatic rings. The Morgan fingerprint density at radius 2 is 1.88 bits per heavy atom. The Bertz CT molecular complexity index is 190. The van der Waals surface area contributed by atoms with Crippen LogP contribution in [0.5, 0.6) is 0 Å². The molecule has 102 valence electrons. The third kappa shape index (κ3) is 5.82. The molecule has 1 aliphatic carbocycles. The van der Waals surface area contributed by atoms with Gasteiger partial charge in [-0.2, -0.15) is 0 Å². The highest BCUT2D eigenvalue weighted by Gasteiger charge is 2.24. The average Bonchev–Trinajstić information content (AvgIpc) is 2.33. The Balaban J connectivity index is 2.36. The van der Waals surface area contributed by atoms with Crippen molar-refractivity contribution in [2.75, 3.05) is 40.5 Å². The first-order valence-corrected chi connectivity index (χ1v) is 6.75. The summed E-state index contributed by atoms with van der Waals surface area (Å²) in [5.41, 5.74) is 6.06. The number of hydrogen-bond donors (Lipinski definition) is 1. The first-order chi connectivity index (χ1) is 8.27. The van der Waals surface area contributed by atoms with E-state index in [1.165, 1.54) is 19.3 Å². The summed E-state index contributed by atoms with van der Waals surface area (Å²) in [6.45, 7) is 3.74. The maximum absolute atomic E-state index is 6.06. The van der Waals surface area contributed by atoms with Gasteiger partial charge in [0, 0.05) is 46.0 Å². The monoisotopic (exact) mass is 244 g/mol. The van der Waals surface area contributed by atoms with E-state index in [9.17, 15) is 0 Å². The molecule has 0 amide bonds. The summed E-state index contributed by atoms with van der Waals surface area (Å²) < 4.78 is 10.3. The Morgan fingerprint density at radius 1 is 1.12 bits per heavy atom. The van der Waals surface area contributed by atoms with Crippen molar-refractivity contribution in [3.05, 3.63) is 0 Å². The number of rotatable bonds is 8. The molecular weight excluding hydrogens is 216 g/mol. The zero-order valence-electron chi connectivity index (χ0n) is 11.4. The molecule has 0 heterocycles. The van der Waals surface area contributed by atoms with E-state index in [2.05, 4.69) is 4.90 Å². The normalized spacial score (nSPS) is 25.4. The summed E-state index contributed by atoms with van der Waals surface area (Å²) in [5.74, 6) is 0. The summed E-state index contributed by atoms with van der Waals surface area (Å²) in [6.07, 6.45) is 5.96. The maximum atomic E-state index is 6.06. The number of hydrogen-bond acceptors (Lipinski definition) is 4. The SMILES string of the molecule is COCCCN(CCOC)C1CCCC(N)C1. The molecule has 0 bridgehead atoms. The largest absolute Gasteiger partial charge is 0.385 e. The molecular formula is C13H28N2O2. The van der Waals surface area contributed by atoms with E-state index in [4.69, 9.17) is 15.2 Å². The van der Waals surface area contributed by atoms with Gasteiger partial charge in [-0.3, -0.25) is 4.90 Å². The van der Waals surface area contributed by atoms with Crippen molar-refractivity contribution < 1.29 is 9.47 Å². The lowest BCUT2D eigenvalue weighted by Crippen LogP contribution is -2.44. The Kier molecular flexibility index (Phi) is 7.77. The minimum Gasteiger partial charge on any atom is -0.385 e. The third-order valence-corrected chi connectivity index (χ3v) is 3.58. The van der Waals surface area contributed by atoms with Gasteiger partial charge in [-0.05, 0) is 25.7 Å². The topological polar surface area (TPSA) is 47.7 Å². The van der Waals surface area contributed by atoms with E-state index in [-0.39, 0.29) is 0 Å². The van der Waals surface area contributed by atoms with Crippen molar-refractivity contribution in [2.24, 2.45) is 5.73 Å². The molecule has 1 saturated carbocycles. The summed E-state index contributed by atoms with van der Waals surface area (Å²) in [5, 5.41) is 0. The van der Waals surface area contributed by atoms with Gasteiger partial charge in [0.25, 0.3) is 0 Å². The van der Waals surface area contributed by atoms with Gasteiger partial charge in [0.05, 0.1) is 6.61 Å². The molecule has 17 heavy (non-hydrogen) atoms. The van der Waals surface area contributed by atoms with Gasteiger partial charge in [0.2, 0.25) is 0 Å². The molecule has 1 aliphatic rings. The Hall–Kier alpha value is -0.160. The number of nitrogens with two attached hydrogens (primary N) is 1. The van der Waals surface area contributed by atoms with Gasteiger partial charge in [-0.25, -0.2) is 0 Å². The highest BCUT2D eigenvalue weighted by atomic mass is 16.5. The lowest BCUT2D eigenvalue weighted by atomic mass is 9.90. The van der Waals surface area contributed by atoms with Crippen molar-refractivity contribution in [1.29, 1.82) is 0 Å². The van der Waals surface area contributed by atoms with Gasteiger partial charge < -0.3 is 15.2 Å². The van der Waals surface area contributed by atoms with Crippen molar-refractivity contribution in [3.8, 4) is 0 Å². The smallest absolute Gasteiger partial charge is 0.0589 e. The van der Waals surface area contributed by atoms with E-state index in [1.54, 1.807) is 14.2 Å². The average molecular weight is 244 g/mol. The maximum Gasteiger partial charge on any atom is 0.0589 e. The number of methoxy groups -OCH3 is 2. The zero-order valence-corrected chi connectivity index (χ0v) is 11.4. The fourth-order valence-corrected chi connectivity index (χ4v) is 2.63. The van der Waals surface area contributed by atoms with Crippen molar-refractivity contribution >= 4 is 0 Å². The van der Waals surface area contributed by atoms with Crippen LogP contribution >= 0.6 is 0 Å². The van der Waals surface area contributed by atoms with Crippen LogP contribution in [-0.2, 0) is 9.47 Å². The van der Waals surface area contributed by atoms with Crippen LogP contribution in [0.4, 0.5) is 0 Å². The van der Waals surface area contributed by atoms with Crippen LogP contribution in [0.25, 0.3) is 0 Å². The predicted octanol–water partition coefficient (Wildman–Crippen LogP) is 1.24. The first kappa shape index (κ1) is 14.9. The standard InChI is InChI=1S/C13H28N2O2/c1-16-9-4-7-15(8-10-17-2)13-6-3-5-12(14)11-13/h12-13H,3-11,14H2,1-2H3. The molecule has 0 spiro atoms. The van der Waals surface area contributed by atoms with Crippen LogP contribution in [-0.4, -0.2) is 57.5 Å². The van der Waals surface area contributed by atoms with Crippen LogP contribution in [0.1, 0.15) is 32.1 Å². The lowest BCUT2D eigenvalue weighted by molar-refractivity contribution is 0.0874. The van der Waals surface area contributed by atoms with Crippen LogP contribution in [0.3, 0.4) is 0 Å². The van der Waals surface area contributed by atoms with Gasteiger partial charge >= 0.3 is 0 Å². The second-order valence-electron chi connectivity index (χ2n) is 4.96. The molecule has 1 fully saturated rings. The van der Waals surface area contributed by atoms with Gasteiger partial charge in [0.15, 0.2) is 0 Å². The molecule has 2 unspecified atom stereocenters. The molecule has 2 atom stereocenters. The second-order valence-corrected chi connectivity index (χ2v) is 4.96. The van der Waals surface area contributed by atoms with Crippen LogP contribution in [0, 0.1) is 0 Å². The molecule has 0 saturated heterocycles. The Morgan fingerprint density at radius 3 is 2.53 bits per heavy atom. The van der Waals surface area contributed by atoms with Crippen LogP contribution in [0.2, 0.25) is 0 Å².